The van der Waals surface area contributed by atoms with Crippen molar-refractivity contribution in [2.45, 2.75) is 278 Å². The average Bonchev–Trinajstić information content (AvgIpc) is 3.17. The minimum atomic E-state index is -0.409. The fraction of sp³-hybridized carbons (Fsp3) is 0.920. The maximum Gasteiger partial charge on any atom is 0.309 e. The molecular weight excluding hydrogens is 665 g/mol. The van der Waals surface area contributed by atoms with Gasteiger partial charge in [-0.15, -0.1) is 0 Å². The summed E-state index contributed by atoms with van der Waals surface area (Å²) in [5.41, 5.74) is 0. The Kier molecular flexibility index (Phi) is 44.9. The van der Waals surface area contributed by atoms with E-state index in [1.807, 2.05) is 0 Å². The van der Waals surface area contributed by atoms with Gasteiger partial charge in [0.1, 0.15) is 0 Å². The molecule has 0 heterocycles. The predicted octanol–water partition coefficient (Wildman–Crippen LogP) is 16.9. The number of hydrogen-bond donors (Lipinski definition) is 0. The van der Waals surface area contributed by atoms with Crippen molar-refractivity contribution >= 4 is 11.9 Å². The van der Waals surface area contributed by atoms with Crippen molar-refractivity contribution in [3.63, 3.8) is 0 Å². The van der Waals surface area contributed by atoms with Crippen LogP contribution in [0.1, 0.15) is 278 Å². The molecule has 0 aromatic heterocycles. The Morgan fingerprint density at radius 1 is 0.370 bits per heavy atom. The van der Waals surface area contributed by atoms with Gasteiger partial charge in [0.2, 0.25) is 0 Å². The van der Waals surface area contributed by atoms with Crippen LogP contribution < -0.4 is 0 Å². The minimum Gasteiger partial charge on any atom is -0.466 e. The summed E-state index contributed by atoms with van der Waals surface area (Å²) in [6.45, 7) is 7.76. The molecule has 0 aliphatic heterocycles. The number of hydrogen-bond acceptors (Lipinski definition) is 4. The van der Waals surface area contributed by atoms with E-state index in [2.05, 4.69) is 32.9 Å². The topological polar surface area (TPSA) is 52.6 Å². The van der Waals surface area contributed by atoms with Crippen molar-refractivity contribution in [3.05, 3.63) is 12.2 Å². The molecule has 0 aromatic rings. The van der Waals surface area contributed by atoms with Gasteiger partial charge in [0, 0.05) is 0 Å². The lowest BCUT2D eigenvalue weighted by atomic mass is 9.99. The van der Waals surface area contributed by atoms with Crippen LogP contribution in [0.3, 0.4) is 0 Å². The van der Waals surface area contributed by atoms with Gasteiger partial charge in [0.05, 0.1) is 25.6 Å². The molecule has 4 heteroatoms. The number of ether oxygens (including phenoxy) is 2. The Hall–Kier alpha value is -1.32. The standard InChI is InChI=1S/C50H96O4/c1-4-7-10-13-16-19-22-23-24-25-26-27-28-29-32-35-38-41-44-48(50(52)54-46-43-40-37-34-31-21-18-15-12-9-6-3)47-49(51)53-45-42-39-36-33-30-20-17-14-11-8-5-2/h35,38,48H,4-34,36-37,39-47H2,1-3H3/b38-35+. The van der Waals surface area contributed by atoms with Crippen LogP contribution in [-0.2, 0) is 19.1 Å². The van der Waals surface area contributed by atoms with Crippen molar-refractivity contribution in [1.82, 2.24) is 0 Å². The highest BCUT2D eigenvalue weighted by molar-refractivity contribution is 5.80. The summed E-state index contributed by atoms with van der Waals surface area (Å²) in [5.74, 6) is -0.868. The van der Waals surface area contributed by atoms with E-state index in [4.69, 9.17) is 9.47 Å². The van der Waals surface area contributed by atoms with Crippen LogP contribution in [-0.4, -0.2) is 25.2 Å². The predicted molar refractivity (Wildman–Crippen MR) is 236 cm³/mol. The molecule has 0 saturated heterocycles. The molecule has 0 aliphatic rings. The third kappa shape index (κ3) is 41.8. The lowest BCUT2D eigenvalue weighted by molar-refractivity contribution is -0.155. The fourth-order valence-corrected chi connectivity index (χ4v) is 7.56. The summed E-state index contributed by atoms with van der Waals surface area (Å²) in [7, 11) is 0. The van der Waals surface area contributed by atoms with Gasteiger partial charge in [-0.3, -0.25) is 9.59 Å². The zero-order valence-corrected chi connectivity index (χ0v) is 37.1. The zero-order valence-electron chi connectivity index (χ0n) is 37.1. The molecule has 0 aromatic carbocycles. The summed E-state index contributed by atoms with van der Waals surface area (Å²) in [4.78, 5) is 25.9. The molecule has 0 radical (unpaired) electrons. The van der Waals surface area contributed by atoms with Gasteiger partial charge in [-0.1, -0.05) is 245 Å². The number of allylic oxidation sites excluding steroid dienone is 2. The first-order chi connectivity index (χ1) is 26.7. The molecule has 0 amide bonds. The summed E-state index contributed by atoms with van der Waals surface area (Å²) in [5, 5.41) is 0. The molecule has 320 valence electrons. The first-order valence-electron chi connectivity index (χ1n) is 24.6. The summed E-state index contributed by atoms with van der Waals surface area (Å²) in [6, 6.07) is 0. The third-order valence-corrected chi connectivity index (χ3v) is 11.3. The second-order valence-electron chi connectivity index (χ2n) is 16.8. The van der Waals surface area contributed by atoms with Crippen molar-refractivity contribution in [2.24, 2.45) is 5.92 Å². The molecule has 4 nitrogen and oxygen atoms in total. The van der Waals surface area contributed by atoms with E-state index < -0.39 is 5.92 Å². The lowest BCUT2D eigenvalue weighted by Gasteiger charge is -2.15. The molecule has 0 rings (SSSR count). The van der Waals surface area contributed by atoms with E-state index in [9.17, 15) is 9.59 Å². The maximum atomic E-state index is 13.1. The summed E-state index contributed by atoms with van der Waals surface area (Å²) < 4.78 is 11.3. The van der Waals surface area contributed by atoms with Gasteiger partial charge in [-0.2, -0.15) is 0 Å². The van der Waals surface area contributed by atoms with Crippen LogP contribution in [0.4, 0.5) is 0 Å². The lowest BCUT2D eigenvalue weighted by Crippen LogP contribution is -2.23. The summed E-state index contributed by atoms with van der Waals surface area (Å²) >= 11 is 0. The van der Waals surface area contributed by atoms with Crippen LogP contribution in [0.5, 0.6) is 0 Å². The number of unbranched alkanes of at least 4 members (excludes halogenated alkanes) is 34. The van der Waals surface area contributed by atoms with Gasteiger partial charge < -0.3 is 9.47 Å². The van der Waals surface area contributed by atoms with E-state index in [0.29, 0.717) is 19.6 Å². The van der Waals surface area contributed by atoms with Crippen LogP contribution in [0.15, 0.2) is 12.2 Å². The second kappa shape index (κ2) is 46.1. The molecule has 0 saturated carbocycles. The Labute approximate surface area is 338 Å². The maximum absolute atomic E-state index is 13.1. The molecule has 0 bridgehead atoms. The van der Waals surface area contributed by atoms with E-state index in [0.717, 1.165) is 38.5 Å². The number of carbonyl (C=O) groups excluding carboxylic acids is 2. The molecule has 1 unspecified atom stereocenters. The smallest absolute Gasteiger partial charge is 0.309 e. The highest BCUT2D eigenvalue weighted by Gasteiger charge is 2.23. The van der Waals surface area contributed by atoms with E-state index in [1.165, 1.54) is 205 Å². The van der Waals surface area contributed by atoms with Gasteiger partial charge in [-0.25, -0.2) is 0 Å². The van der Waals surface area contributed by atoms with E-state index >= 15 is 0 Å². The first-order valence-corrected chi connectivity index (χ1v) is 24.6. The molecule has 0 aliphatic carbocycles. The second-order valence-corrected chi connectivity index (χ2v) is 16.8. The van der Waals surface area contributed by atoms with Crippen molar-refractivity contribution in [2.75, 3.05) is 13.2 Å². The zero-order chi connectivity index (χ0) is 39.3. The van der Waals surface area contributed by atoms with Crippen LogP contribution in [0.25, 0.3) is 0 Å². The van der Waals surface area contributed by atoms with E-state index in [1.54, 1.807) is 0 Å². The van der Waals surface area contributed by atoms with Crippen LogP contribution in [0, 0.1) is 5.92 Å². The van der Waals surface area contributed by atoms with Gasteiger partial charge in [-0.05, 0) is 38.5 Å². The molecule has 0 fully saturated rings. The highest BCUT2D eigenvalue weighted by Crippen LogP contribution is 2.18. The third-order valence-electron chi connectivity index (χ3n) is 11.3. The van der Waals surface area contributed by atoms with Crippen molar-refractivity contribution < 1.29 is 19.1 Å². The quantitative estimate of drug-likeness (QED) is 0.0352. The number of rotatable bonds is 45. The SMILES string of the molecule is CCCCCCCCCCCCCCCC/C=C/CCC(CC(=O)OCCCCCCCCCCCCC)C(=O)OCCCCCCCCCCCCC. The molecule has 1 atom stereocenters. The Bertz CT molecular complexity index is 777. The largest absolute Gasteiger partial charge is 0.466 e. The van der Waals surface area contributed by atoms with Gasteiger partial charge >= 0.3 is 11.9 Å². The van der Waals surface area contributed by atoms with Gasteiger partial charge in [0.15, 0.2) is 0 Å². The normalized spacial score (nSPS) is 12.1. The molecule has 0 N–H and O–H groups in total. The summed E-state index contributed by atoms with van der Waals surface area (Å²) in [6.07, 6.45) is 54.6. The Balaban J connectivity index is 4.25. The highest BCUT2D eigenvalue weighted by atomic mass is 16.5. The Morgan fingerprint density at radius 2 is 0.667 bits per heavy atom. The number of carbonyl (C=O) groups is 2. The van der Waals surface area contributed by atoms with Gasteiger partial charge in [0.25, 0.3) is 0 Å². The first kappa shape index (κ1) is 52.7. The van der Waals surface area contributed by atoms with Crippen molar-refractivity contribution in [3.8, 4) is 0 Å². The average molecular weight is 761 g/mol. The molecule has 54 heavy (non-hydrogen) atoms. The molecular formula is C50H96O4. The number of esters is 2. The van der Waals surface area contributed by atoms with Crippen LogP contribution in [0.2, 0.25) is 0 Å². The Morgan fingerprint density at radius 3 is 1.04 bits per heavy atom. The van der Waals surface area contributed by atoms with Crippen molar-refractivity contribution in [1.29, 1.82) is 0 Å². The molecule has 0 spiro atoms. The van der Waals surface area contributed by atoms with E-state index in [-0.39, 0.29) is 18.4 Å². The van der Waals surface area contributed by atoms with Crippen LogP contribution >= 0.6 is 0 Å². The monoisotopic (exact) mass is 761 g/mol. The minimum absolute atomic E-state index is 0.141. The fourth-order valence-electron chi connectivity index (χ4n) is 7.56.